The van der Waals surface area contributed by atoms with Gasteiger partial charge in [-0.3, -0.25) is 14.8 Å². The number of nitrogens with one attached hydrogen (secondary N) is 1. The number of aromatic nitrogens is 4. The van der Waals surface area contributed by atoms with Crippen LogP contribution in [0.5, 0.6) is 0 Å². The lowest BCUT2D eigenvalue weighted by molar-refractivity contribution is -0.385. The zero-order valence-electron chi connectivity index (χ0n) is 11.7. The number of aliphatic hydroxyl groups is 1. The maximum Gasteiger partial charge on any atom is 0.306 e. The summed E-state index contributed by atoms with van der Waals surface area (Å²) in [5.74, 6) is 0. The number of nitro groups is 1. The first-order chi connectivity index (χ1) is 10.0. The fourth-order valence-electron chi connectivity index (χ4n) is 1.94. The molecule has 0 saturated heterocycles. The van der Waals surface area contributed by atoms with E-state index in [0.29, 0.717) is 6.54 Å². The van der Waals surface area contributed by atoms with Crippen LogP contribution in [0.15, 0.2) is 31.1 Å². The van der Waals surface area contributed by atoms with Crippen LogP contribution in [0, 0.1) is 10.1 Å². The number of hydrogen-bond acceptors (Lipinski definition) is 6. The van der Waals surface area contributed by atoms with Crippen molar-refractivity contribution in [2.45, 2.75) is 32.2 Å². The monoisotopic (exact) mass is 294 g/mol. The third kappa shape index (κ3) is 4.65. The third-order valence-electron chi connectivity index (χ3n) is 2.97. The molecular weight excluding hydrogens is 276 g/mol. The third-order valence-corrected chi connectivity index (χ3v) is 2.97. The van der Waals surface area contributed by atoms with E-state index in [1.54, 1.807) is 12.5 Å². The molecule has 2 aromatic heterocycles. The summed E-state index contributed by atoms with van der Waals surface area (Å²) in [5.41, 5.74) is -0.0800. The Labute approximate surface area is 121 Å². The van der Waals surface area contributed by atoms with Crippen molar-refractivity contribution in [1.82, 2.24) is 24.6 Å². The number of hydrogen-bond donors (Lipinski definition) is 2. The second-order valence-corrected chi connectivity index (χ2v) is 4.90. The van der Waals surface area contributed by atoms with Crippen LogP contribution >= 0.6 is 0 Å². The van der Waals surface area contributed by atoms with E-state index in [-0.39, 0.29) is 18.3 Å². The molecule has 2 rings (SSSR count). The van der Waals surface area contributed by atoms with Crippen LogP contribution in [-0.2, 0) is 13.1 Å². The highest BCUT2D eigenvalue weighted by molar-refractivity contribution is 5.20. The van der Waals surface area contributed by atoms with E-state index in [0.717, 1.165) is 6.54 Å². The molecule has 0 radical (unpaired) electrons. The highest BCUT2D eigenvalue weighted by Gasteiger charge is 2.12. The Morgan fingerprint density at radius 3 is 2.95 bits per heavy atom. The molecule has 0 bridgehead atoms. The van der Waals surface area contributed by atoms with E-state index in [4.69, 9.17) is 0 Å². The lowest BCUT2D eigenvalue weighted by Gasteiger charge is -2.17. The second-order valence-electron chi connectivity index (χ2n) is 4.90. The van der Waals surface area contributed by atoms with Gasteiger partial charge in [0, 0.05) is 31.5 Å². The van der Waals surface area contributed by atoms with Gasteiger partial charge in [-0.25, -0.2) is 4.98 Å². The molecule has 21 heavy (non-hydrogen) atoms. The molecule has 2 unspecified atom stereocenters. The maximum absolute atomic E-state index is 10.5. The fourth-order valence-corrected chi connectivity index (χ4v) is 1.94. The Kier molecular flexibility index (Phi) is 5.01. The summed E-state index contributed by atoms with van der Waals surface area (Å²) in [7, 11) is 0. The van der Waals surface area contributed by atoms with Gasteiger partial charge in [0.05, 0.1) is 23.9 Å². The van der Waals surface area contributed by atoms with Gasteiger partial charge >= 0.3 is 5.69 Å². The van der Waals surface area contributed by atoms with Crippen molar-refractivity contribution in [3.8, 4) is 0 Å². The van der Waals surface area contributed by atoms with Crippen molar-refractivity contribution in [1.29, 1.82) is 0 Å². The van der Waals surface area contributed by atoms with Crippen molar-refractivity contribution in [2.24, 2.45) is 0 Å². The van der Waals surface area contributed by atoms with Crippen LogP contribution in [0.1, 0.15) is 6.92 Å². The molecular formula is C12H18N6O3. The van der Waals surface area contributed by atoms with Crippen molar-refractivity contribution < 1.29 is 10.0 Å². The number of nitrogens with zero attached hydrogens (tertiary/aromatic N) is 5. The minimum Gasteiger partial charge on any atom is -0.390 e. The Balaban J connectivity index is 1.73. The van der Waals surface area contributed by atoms with Gasteiger partial charge in [0.25, 0.3) is 0 Å². The summed E-state index contributed by atoms with van der Waals surface area (Å²) < 4.78 is 3.31. The van der Waals surface area contributed by atoms with Crippen molar-refractivity contribution >= 4 is 5.69 Å². The summed E-state index contributed by atoms with van der Waals surface area (Å²) in [6.45, 7) is 3.34. The van der Waals surface area contributed by atoms with Gasteiger partial charge in [-0.15, -0.1) is 0 Å². The number of aliphatic hydroxyl groups excluding tert-OH is 1. The van der Waals surface area contributed by atoms with Crippen molar-refractivity contribution in [3.63, 3.8) is 0 Å². The Bertz CT molecular complexity index is 567. The van der Waals surface area contributed by atoms with Gasteiger partial charge < -0.3 is 15.0 Å². The van der Waals surface area contributed by atoms with Gasteiger partial charge in [-0.1, -0.05) is 0 Å². The number of rotatable bonds is 8. The Morgan fingerprint density at radius 2 is 2.33 bits per heavy atom. The predicted octanol–water partition coefficient (Wildman–Crippen LogP) is 0.0270. The smallest absolute Gasteiger partial charge is 0.306 e. The van der Waals surface area contributed by atoms with Crippen LogP contribution in [-0.4, -0.2) is 48.1 Å². The summed E-state index contributed by atoms with van der Waals surface area (Å²) in [6, 6.07) is 0.167. The summed E-state index contributed by atoms with van der Waals surface area (Å²) in [6.07, 6.45) is 7.12. The minimum absolute atomic E-state index is 0.0800. The van der Waals surface area contributed by atoms with Gasteiger partial charge in [0.2, 0.25) is 0 Å². The highest BCUT2D eigenvalue weighted by atomic mass is 16.6. The van der Waals surface area contributed by atoms with Gasteiger partial charge in [0.15, 0.2) is 0 Å². The zero-order chi connectivity index (χ0) is 15.2. The molecule has 9 heteroatoms. The first-order valence-corrected chi connectivity index (χ1v) is 6.58. The minimum atomic E-state index is -0.672. The second kappa shape index (κ2) is 6.95. The van der Waals surface area contributed by atoms with Crippen LogP contribution in [0.4, 0.5) is 5.69 Å². The van der Waals surface area contributed by atoms with Crippen LogP contribution < -0.4 is 5.32 Å². The van der Waals surface area contributed by atoms with E-state index >= 15 is 0 Å². The molecule has 0 aromatic carbocycles. The highest BCUT2D eigenvalue weighted by Crippen LogP contribution is 2.08. The summed E-state index contributed by atoms with van der Waals surface area (Å²) >= 11 is 0. The number of imidazole rings is 1. The first kappa shape index (κ1) is 15.1. The lowest BCUT2D eigenvalue weighted by Crippen LogP contribution is -2.37. The molecule has 0 aliphatic carbocycles. The van der Waals surface area contributed by atoms with E-state index in [9.17, 15) is 15.2 Å². The molecule has 2 heterocycles. The maximum atomic E-state index is 10.5. The molecule has 0 fully saturated rings. The molecule has 0 aliphatic rings. The normalized spacial score (nSPS) is 14.0. The SMILES string of the molecule is CC(Cn1ccnc1)NCC(O)Cn1cc([N+](=O)[O-])cn1. The largest absolute Gasteiger partial charge is 0.390 e. The standard InChI is InChI=1S/C12H18N6O3/c1-10(6-16-3-2-13-9-16)14-5-12(19)8-17-7-11(4-15-17)18(20)21/h2-4,7,9-10,12,14,19H,5-6,8H2,1H3. The van der Waals surface area contributed by atoms with Crippen LogP contribution in [0.2, 0.25) is 0 Å². The fraction of sp³-hybridized carbons (Fsp3) is 0.500. The average Bonchev–Trinajstić information content (AvgIpc) is 3.08. The van der Waals surface area contributed by atoms with Crippen LogP contribution in [0.3, 0.4) is 0 Å². The van der Waals surface area contributed by atoms with E-state index in [1.165, 1.54) is 17.1 Å². The van der Waals surface area contributed by atoms with E-state index in [2.05, 4.69) is 15.4 Å². The zero-order valence-corrected chi connectivity index (χ0v) is 11.7. The van der Waals surface area contributed by atoms with E-state index in [1.807, 2.05) is 17.7 Å². The summed E-state index contributed by atoms with van der Waals surface area (Å²) in [5, 5.41) is 27.5. The molecule has 0 aliphatic heterocycles. The predicted molar refractivity (Wildman–Crippen MR) is 74.6 cm³/mol. The molecule has 0 spiro atoms. The van der Waals surface area contributed by atoms with Crippen molar-refractivity contribution in [3.05, 3.63) is 41.2 Å². The average molecular weight is 294 g/mol. The van der Waals surface area contributed by atoms with E-state index < -0.39 is 11.0 Å². The molecule has 0 amide bonds. The topological polar surface area (TPSA) is 111 Å². The molecule has 9 nitrogen and oxygen atoms in total. The van der Waals surface area contributed by atoms with Gasteiger partial charge in [-0.2, -0.15) is 5.10 Å². The molecule has 2 atom stereocenters. The quantitative estimate of drug-likeness (QED) is 0.525. The molecule has 2 N–H and O–H groups in total. The first-order valence-electron chi connectivity index (χ1n) is 6.58. The van der Waals surface area contributed by atoms with Gasteiger partial charge in [0.1, 0.15) is 12.4 Å². The Morgan fingerprint density at radius 1 is 1.52 bits per heavy atom. The molecule has 114 valence electrons. The van der Waals surface area contributed by atoms with Crippen LogP contribution in [0.25, 0.3) is 0 Å². The summed E-state index contributed by atoms with van der Waals surface area (Å²) in [4.78, 5) is 14.0. The lowest BCUT2D eigenvalue weighted by atomic mass is 10.3. The molecule has 2 aromatic rings. The molecule has 0 saturated carbocycles. The van der Waals surface area contributed by atoms with Gasteiger partial charge in [-0.05, 0) is 6.92 Å². The van der Waals surface area contributed by atoms with Crippen molar-refractivity contribution in [2.75, 3.05) is 6.54 Å². The Hall–Kier alpha value is -2.26.